The third kappa shape index (κ3) is 2.46. The first-order valence-corrected chi connectivity index (χ1v) is 6.12. The maximum absolute atomic E-state index is 3.87. The van der Waals surface area contributed by atoms with Crippen LogP contribution in [0.2, 0.25) is 0 Å². The van der Waals surface area contributed by atoms with Gasteiger partial charge in [-0.2, -0.15) is 0 Å². The first-order valence-electron chi connectivity index (χ1n) is 6.12. The van der Waals surface area contributed by atoms with E-state index in [1.54, 1.807) is 0 Å². The van der Waals surface area contributed by atoms with E-state index in [2.05, 4.69) is 12.2 Å². The van der Waals surface area contributed by atoms with Gasteiger partial charge in [-0.25, -0.2) is 0 Å². The fourth-order valence-electron chi connectivity index (χ4n) is 2.97. The van der Waals surface area contributed by atoms with Gasteiger partial charge in [0.1, 0.15) is 0 Å². The van der Waals surface area contributed by atoms with Crippen molar-refractivity contribution in [3.63, 3.8) is 0 Å². The minimum Gasteiger partial charge on any atom is -0.311 e. The van der Waals surface area contributed by atoms with Gasteiger partial charge < -0.3 is 5.32 Å². The van der Waals surface area contributed by atoms with Crippen molar-refractivity contribution in [2.45, 2.75) is 70.4 Å². The highest BCUT2D eigenvalue weighted by molar-refractivity contribution is 4.84. The van der Waals surface area contributed by atoms with Gasteiger partial charge in [0, 0.05) is 12.1 Å². The molecule has 0 bridgehead atoms. The normalized spacial score (nSPS) is 36.7. The molecule has 1 heteroatoms. The highest BCUT2D eigenvalue weighted by atomic mass is 15.0. The minimum atomic E-state index is 0.850. The summed E-state index contributed by atoms with van der Waals surface area (Å²) in [7, 11) is 0. The fraction of sp³-hybridized carbons (Fsp3) is 1.00. The van der Waals surface area contributed by atoms with Crippen molar-refractivity contribution in [3.05, 3.63) is 0 Å². The zero-order valence-electron chi connectivity index (χ0n) is 8.89. The topological polar surface area (TPSA) is 12.0 Å². The molecular formula is C12H23N. The van der Waals surface area contributed by atoms with Crippen molar-refractivity contribution in [1.82, 2.24) is 5.32 Å². The smallest absolute Gasteiger partial charge is 0.00952 e. The maximum atomic E-state index is 3.87. The molecule has 2 aliphatic rings. The van der Waals surface area contributed by atoms with Crippen LogP contribution in [0.4, 0.5) is 0 Å². The van der Waals surface area contributed by atoms with Crippen molar-refractivity contribution in [2.75, 3.05) is 0 Å². The predicted molar refractivity (Wildman–Crippen MR) is 56.8 cm³/mol. The van der Waals surface area contributed by atoms with Crippen LogP contribution >= 0.6 is 0 Å². The lowest BCUT2D eigenvalue weighted by Gasteiger charge is -2.28. The van der Waals surface area contributed by atoms with E-state index in [1.165, 1.54) is 51.4 Å². The van der Waals surface area contributed by atoms with Crippen LogP contribution in [0.15, 0.2) is 0 Å². The Hall–Kier alpha value is -0.0400. The van der Waals surface area contributed by atoms with Crippen LogP contribution in [0.5, 0.6) is 0 Å². The van der Waals surface area contributed by atoms with Gasteiger partial charge in [-0.1, -0.05) is 32.6 Å². The average Bonchev–Trinajstić information content (AvgIpc) is 2.54. The zero-order valence-corrected chi connectivity index (χ0v) is 8.89. The monoisotopic (exact) mass is 181 g/mol. The Bertz CT molecular complexity index is 149. The van der Waals surface area contributed by atoms with E-state index in [0.29, 0.717) is 0 Å². The van der Waals surface area contributed by atoms with Crippen LogP contribution < -0.4 is 5.32 Å². The molecule has 0 aromatic heterocycles. The van der Waals surface area contributed by atoms with Crippen LogP contribution in [0.3, 0.4) is 0 Å². The second kappa shape index (κ2) is 4.45. The molecule has 0 aliphatic heterocycles. The molecule has 0 saturated heterocycles. The largest absolute Gasteiger partial charge is 0.311 e. The molecule has 2 saturated carbocycles. The molecule has 76 valence electrons. The van der Waals surface area contributed by atoms with Crippen molar-refractivity contribution >= 4 is 0 Å². The maximum Gasteiger partial charge on any atom is 0.00952 e. The van der Waals surface area contributed by atoms with E-state index in [9.17, 15) is 0 Å². The Balaban J connectivity index is 1.75. The number of hydrogen-bond donors (Lipinski definition) is 1. The van der Waals surface area contributed by atoms with Crippen LogP contribution in [0.25, 0.3) is 0 Å². The highest BCUT2D eigenvalue weighted by Crippen LogP contribution is 2.27. The summed E-state index contributed by atoms with van der Waals surface area (Å²) in [6.07, 6.45) is 11.6. The lowest BCUT2D eigenvalue weighted by atomic mass is 9.94. The van der Waals surface area contributed by atoms with Crippen LogP contribution in [-0.4, -0.2) is 12.1 Å². The lowest BCUT2D eigenvalue weighted by Crippen LogP contribution is -2.40. The molecule has 0 aromatic rings. The number of rotatable bonds is 2. The zero-order chi connectivity index (χ0) is 9.10. The van der Waals surface area contributed by atoms with Gasteiger partial charge in [-0.3, -0.25) is 0 Å². The van der Waals surface area contributed by atoms with E-state index in [1.807, 2.05) is 0 Å². The fourth-order valence-corrected chi connectivity index (χ4v) is 2.97. The summed E-state index contributed by atoms with van der Waals surface area (Å²) in [6, 6.07) is 1.71. The highest BCUT2D eigenvalue weighted by Gasteiger charge is 2.25. The Labute approximate surface area is 82.3 Å². The summed E-state index contributed by atoms with van der Waals surface area (Å²) in [5, 5.41) is 3.87. The molecule has 0 aromatic carbocycles. The summed E-state index contributed by atoms with van der Waals surface area (Å²) in [5.74, 6) is 0.932. The molecular weight excluding hydrogens is 158 g/mol. The first kappa shape index (κ1) is 9.51. The second-order valence-corrected chi connectivity index (χ2v) is 5.02. The second-order valence-electron chi connectivity index (χ2n) is 5.02. The SMILES string of the molecule is C[C@H]1CCC[C@H]1NC1CCCCC1. The van der Waals surface area contributed by atoms with Gasteiger partial charge in [0.25, 0.3) is 0 Å². The van der Waals surface area contributed by atoms with Gasteiger partial charge in [0.05, 0.1) is 0 Å². The molecule has 0 spiro atoms. The average molecular weight is 181 g/mol. The molecule has 2 atom stereocenters. The van der Waals surface area contributed by atoms with Crippen molar-refractivity contribution in [1.29, 1.82) is 0 Å². The van der Waals surface area contributed by atoms with Crippen molar-refractivity contribution in [3.8, 4) is 0 Å². The molecule has 2 fully saturated rings. The number of nitrogens with one attached hydrogen (secondary N) is 1. The van der Waals surface area contributed by atoms with Crippen LogP contribution in [-0.2, 0) is 0 Å². The molecule has 1 N–H and O–H groups in total. The first-order chi connectivity index (χ1) is 6.36. The molecule has 2 aliphatic carbocycles. The van der Waals surface area contributed by atoms with E-state index in [0.717, 1.165) is 18.0 Å². The summed E-state index contributed by atoms with van der Waals surface area (Å²) in [6.45, 7) is 2.41. The molecule has 0 heterocycles. The molecule has 0 radical (unpaired) electrons. The molecule has 1 nitrogen and oxygen atoms in total. The van der Waals surface area contributed by atoms with Gasteiger partial charge in [0.15, 0.2) is 0 Å². The van der Waals surface area contributed by atoms with E-state index in [4.69, 9.17) is 0 Å². The van der Waals surface area contributed by atoms with Gasteiger partial charge >= 0.3 is 0 Å². The predicted octanol–water partition coefficient (Wildman–Crippen LogP) is 3.10. The van der Waals surface area contributed by atoms with Crippen molar-refractivity contribution < 1.29 is 0 Å². The van der Waals surface area contributed by atoms with Crippen LogP contribution in [0.1, 0.15) is 58.3 Å². The standard InChI is InChI=1S/C12H23N/c1-10-6-5-9-12(10)13-11-7-3-2-4-8-11/h10-13H,2-9H2,1H3/t10-,12+/m0/s1. The van der Waals surface area contributed by atoms with Gasteiger partial charge in [-0.05, 0) is 31.6 Å². The van der Waals surface area contributed by atoms with E-state index in [-0.39, 0.29) is 0 Å². The Morgan fingerprint density at radius 1 is 0.846 bits per heavy atom. The Morgan fingerprint density at radius 2 is 1.62 bits per heavy atom. The van der Waals surface area contributed by atoms with Crippen LogP contribution in [0, 0.1) is 5.92 Å². The van der Waals surface area contributed by atoms with E-state index < -0.39 is 0 Å². The molecule has 0 amide bonds. The third-order valence-electron chi connectivity index (χ3n) is 3.92. The van der Waals surface area contributed by atoms with Crippen molar-refractivity contribution in [2.24, 2.45) is 5.92 Å². The summed E-state index contributed by atoms with van der Waals surface area (Å²) >= 11 is 0. The Morgan fingerprint density at radius 3 is 2.23 bits per heavy atom. The Kier molecular flexibility index (Phi) is 3.26. The van der Waals surface area contributed by atoms with Gasteiger partial charge in [-0.15, -0.1) is 0 Å². The molecule has 0 unspecified atom stereocenters. The van der Waals surface area contributed by atoms with E-state index >= 15 is 0 Å². The van der Waals surface area contributed by atoms with Gasteiger partial charge in [0.2, 0.25) is 0 Å². The minimum absolute atomic E-state index is 0.850. The summed E-state index contributed by atoms with van der Waals surface area (Å²) in [4.78, 5) is 0. The lowest BCUT2D eigenvalue weighted by molar-refractivity contribution is 0.309. The molecule has 13 heavy (non-hydrogen) atoms. The quantitative estimate of drug-likeness (QED) is 0.690. The third-order valence-corrected chi connectivity index (χ3v) is 3.92. The number of hydrogen-bond acceptors (Lipinski definition) is 1. The molecule has 2 rings (SSSR count). The summed E-state index contributed by atoms with van der Waals surface area (Å²) in [5.41, 5.74) is 0. The summed E-state index contributed by atoms with van der Waals surface area (Å²) < 4.78 is 0.